The number of halogens is 1. The topological polar surface area (TPSA) is 116 Å². The van der Waals surface area contributed by atoms with Crippen molar-refractivity contribution < 1.29 is 33.0 Å². The minimum Gasteiger partial charge on any atom is -0.486 e. The van der Waals surface area contributed by atoms with Crippen molar-refractivity contribution in [3.8, 4) is 5.75 Å². The largest absolute Gasteiger partial charge is 0.486 e. The molecule has 0 fully saturated rings. The lowest BCUT2D eigenvalue weighted by Crippen LogP contribution is -2.47. The van der Waals surface area contributed by atoms with E-state index < -0.39 is 24.0 Å². The van der Waals surface area contributed by atoms with Crippen LogP contribution in [0.3, 0.4) is 0 Å². The molecular formula is C20H19BrN2O7. The van der Waals surface area contributed by atoms with Crippen LogP contribution in [-0.2, 0) is 14.3 Å². The van der Waals surface area contributed by atoms with Crippen LogP contribution >= 0.6 is 15.9 Å². The fourth-order valence-corrected chi connectivity index (χ4v) is 3.36. The maximum atomic E-state index is 12.6. The van der Waals surface area contributed by atoms with Gasteiger partial charge < -0.3 is 29.3 Å². The minimum absolute atomic E-state index is 0.130. The van der Waals surface area contributed by atoms with Crippen LogP contribution in [0, 0.1) is 0 Å². The van der Waals surface area contributed by atoms with Crippen LogP contribution in [0.5, 0.6) is 5.75 Å². The summed E-state index contributed by atoms with van der Waals surface area (Å²) in [6.07, 6.45) is 1.45. The molecule has 2 aromatic rings. The lowest BCUT2D eigenvalue weighted by Gasteiger charge is -2.27. The van der Waals surface area contributed by atoms with Crippen molar-refractivity contribution in [2.24, 2.45) is 0 Å². The second-order valence-corrected chi connectivity index (χ2v) is 6.94. The molecule has 1 aromatic carbocycles. The summed E-state index contributed by atoms with van der Waals surface area (Å²) in [5.41, 5.74) is 0.757. The van der Waals surface area contributed by atoms with E-state index in [0.717, 1.165) is 0 Å². The van der Waals surface area contributed by atoms with Gasteiger partial charge in [-0.3, -0.25) is 0 Å². The Morgan fingerprint density at radius 3 is 2.67 bits per heavy atom. The summed E-state index contributed by atoms with van der Waals surface area (Å²) < 4.78 is 21.5. The van der Waals surface area contributed by atoms with Crippen molar-refractivity contribution in [1.29, 1.82) is 0 Å². The molecule has 0 spiro atoms. The summed E-state index contributed by atoms with van der Waals surface area (Å²) in [6.45, 7) is 1.72. The molecule has 9 nitrogen and oxygen atoms in total. The second-order valence-electron chi connectivity index (χ2n) is 6.09. The molecule has 0 aliphatic carbocycles. The van der Waals surface area contributed by atoms with Gasteiger partial charge in [0.05, 0.1) is 41.3 Å². The zero-order valence-electron chi connectivity index (χ0n) is 16.2. The van der Waals surface area contributed by atoms with Gasteiger partial charge in [0.1, 0.15) is 24.2 Å². The van der Waals surface area contributed by atoms with Crippen LogP contribution in [0.1, 0.15) is 29.1 Å². The highest BCUT2D eigenvalue weighted by molar-refractivity contribution is 9.10. The van der Waals surface area contributed by atoms with Crippen molar-refractivity contribution >= 4 is 33.9 Å². The quantitative estimate of drug-likeness (QED) is 0.587. The summed E-state index contributed by atoms with van der Waals surface area (Å²) in [5.74, 6) is -0.304. The highest BCUT2D eigenvalue weighted by atomic mass is 79.9. The number of amides is 2. The Labute approximate surface area is 180 Å². The maximum Gasteiger partial charge on any atom is 0.338 e. The molecule has 0 saturated heterocycles. The molecule has 0 saturated carbocycles. The molecule has 30 heavy (non-hydrogen) atoms. The van der Waals surface area contributed by atoms with Gasteiger partial charge in [-0.05, 0) is 53.2 Å². The van der Waals surface area contributed by atoms with E-state index >= 15 is 0 Å². The summed E-state index contributed by atoms with van der Waals surface area (Å²) >= 11 is 3.34. The van der Waals surface area contributed by atoms with Gasteiger partial charge in [0.15, 0.2) is 0 Å². The molecule has 1 aliphatic heterocycles. The third kappa shape index (κ3) is 4.65. The van der Waals surface area contributed by atoms with Crippen LogP contribution in [0.15, 0.2) is 56.8 Å². The van der Waals surface area contributed by atoms with E-state index in [1.807, 2.05) is 0 Å². The van der Waals surface area contributed by atoms with Crippen LogP contribution in [-0.4, -0.2) is 38.3 Å². The lowest BCUT2D eigenvalue weighted by atomic mass is 10.0. The normalized spacial score (nSPS) is 15.8. The Hall–Kier alpha value is -3.27. The summed E-state index contributed by atoms with van der Waals surface area (Å²) in [5, 5.41) is 5.25. The molecule has 3 rings (SSSR count). The Morgan fingerprint density at radius 2 is 2.03 bits per heavy atom. The van der Waals surface area contributed by atoms with Gasteiger partial charge in [-0.2, -0.15) is 0 Å². The fraction of sp³-hybridized carbons (Fsp3) is 0.250. The Kier molecular flexibility index (Phi) is 6.78. The number of urea groups is 1. The van der Waals surface area contributed by atoms with Gasteiger partial charge in [-0.25, -0.2) is 14.4 Å². The first kappa shape index (κ1) is 21.4. The average Bonchev–Trinajstić information content (AvgIpc) is 3.26. The standard InChI is InChI=1S/C20H19BrN2O7/c1-3-28-19(25)16-13(22-20(26)23-17(16)15-5-4-8-29-15)10-30-14-7-6-11(9-12(14)21)18(24)27-2/h4-9,17H,3,10H2,1-2H3,(H2,22,23,26). The maximum absolute atomic E-state index is 12.6. The first-order valence-corrected chi connectivity index (χ1v) is 9.75. The van der Waals surface area contributed by atoms with Crippen molar-refractivity contribution in [1.82, 2.24) is 10.6 Å². The predicted octanol–water partition coefficient (Wildman–Crippen LogP) is 3.08. The van der Waals surface area contributed by atoms with Crippen molar-refractivity contribution in [2.75, 3.05) is 20.3 Å². The molecule has 2 N–H and O–H groups in total. The summed E-state index contributed by atoms with van der Waals surface area (Å²) in [4.78, 5) is 36.4. The van der Waals surface area contributed by atoms with E-state index in [0.29, 0.717) is 21.5 Å². The SMILES string of the molecule is CCOC(=O)C1=C(COc2ccc(C(=O)OC)cc2Br)NC(=O)NC1c1ccco1. The smallest absolute Gasteiger partial charge is 0.338 e. The number of nitrogens with one attached hydrogen (secondary N) is 2. The van der Waals surface area contributed by atoms with Gasteiger partial charge in [0, 0.05) is 0 Å². The second kappa shape index (κ2) is 9.49. The molecular weight excluding hydrogens is 460 g/mol. The van der Waals surface area contributed by atoms with Crippen LogP contribution in [0.25, 0.3) is 0 Å². The average molecular weight is 479 g/mol. The molecule has 1 aromatic heterocycles. The number of hydrogen-bond donors (Lipinski definition) is 2. The minimum atomic E-state index is -0.823. The van der Waals surface area contributed by atoms with Crippen molar-refractivity contribution in [3.05, 3.63) is 63.7 Å². The lowest BCUT2D eigenvalue weighted by molar-refractivity contribution is -0.139. The van der Waals surface area contributed by atoms with Gasteiger partial charge in [0.25, 0.3) is 0 Å². The van der Waals surface area contributed by atoms with Gasteiger partial charge in [0.2, 0.25) is 0 Å². The van der Waals surface area contributed by atoms with Gasteiger partial charge >= 0.3 is 18.0 Å². The van der Waals surface area contributed by atoms with Crippen LogP contribution in [0.4, 0.5) is 4.79 Å². The summed E-state index contributed by atoms with van der Waals surface area (Å²) in [6, 6.07) is 6.64. The number of carbonyl (C=O) groups excluding carboxylic acids is 3. The third-order valence-electron chi connectivity index (χ3n) is 4.20. The third-order valence-corrected chi connectivity index (χ3v) is 4.82. The van der Waals surface area contributed by atoms with Crippen LogP contribution < -0.4 is 15.4 Å². The number of furan rings is 1. The first-order valence-electron chi connectivity index (χ1n) is 8.96. The van der Waals surface area contributed by atoms with Crippen molar-refractivity contribution in [3.63, 3.8) is 0 Å². The van der Waals surface area contributed by atoms with Crippen LogP contribution in [0.2, 0.25) is 0 Å². The number of ether oxygens (including phenoxy) is 3. The number of esters is 2. The number of benzene rings is 1. The van der Waals surface area contributed by atoms with Crippen molar-refractivity contribution in [2.45, 2.75) is 13.0 Å². The van der Waals surface area contributed by atoms with E-state index in [9.17, 15) is 14.4 Å². The Balaban J connectivity index is 1.90. The van der Waals surface area contributed by atoms with Gasteiger partial charge in [-0.1, -0.05) is 0 Å². The molecule has 1 unspecified atom stereocenters. The number of carbonyl (C=O) groups is 3. The molecule has 2 amide bonds. The van der Waals surface area contributed by atoms with E-state index in [2.05, 4.69) is 31.3 Å². The van der Waals surface area contributed by atoms with E-state index in [-0.39, 0.29) is 24.5 Å². The van der Waals surface area contributed by atoms with E-state index in [1.165, 1.54) is 13.4 Å². The van der Waals surface area contributed by atoms with Gasteiger partial charge in [-0.15, -0.1) is 0 Å². The predicted molar refractivity (Wildman–Crippen MR) is 108 cm³/mol. The Morgan fingerprint density at radius 1 is 1.23 bits per heavy atom. The zero-order chi connectivity index (χ0) is 21.7. The molecule has 10 heteroatoms. The Bertz CT molecular complexity index is 985. The first-order chi connectivity index (χ1) is 14.4. The van der Waals surface area contributed by atoms with E-state index in [1.54, 1.807) is 37.3 Å². The molecule has 1 aliphatic rings. The number of hydrogen-bond acceptors (Lipinski definition) is 7. The molecule has 0 bridgehead atoms. The number of methoxy groups -OCH3 is 1. The number of rotatable bonds is 7. The zero-order valence-corrected chi connectivity index (χ0v) is 17.8. The van der Waals surface area contributed by atoms with E-state index in [4.69, 9.17) is 13.9 Å². The molecule has 2 heterocycles. The molecule has 0 radical (unpaired) electrons. The highest BCUT2D eigenvalue weighted by Gasteiger charge is 2.35. The molecule has 1 atom stereocenters. The monoisotopic (exact) mass is 478 g/mol. The highest BCUT2D eigenvalue weighted by Crippen LogP contribution is 2.30. The molecule has 158 valence electrons. The summed E-state index contributed by atoms with van der Waals surface area (Å²) in [7, 11) is 1.29. The fourth-order valence-electron chi connectivity index (χ4n) is 2.86.